The van der Waals surface area contributed by atoms with Crippen LogP contribution in [0, 0.1) is 0 Å². The van der Waals surface area contributed by atoms with Crippen molar-refractivity contribution in [3.05, 3.63) is 111 Å². The van der Waals surface area contributed by atoms with Crippen molar-refractivity contribution in [2.45, 2.75) is 0 Å². The van der Waals surface area contributed by atoms with E-state index in [-0.39, 0.29) is 0 Å². The zero-order valence-electron chi connectivity index (χ0n) is 14.9. The molecule has 0 radical (unpaired) electrons. The lowest BCUT2D eigenvalue weighted by atomic mass is 10.5. The zero-order valence-corrected chi connectivity index (χ0v) is 14.9. The molecule has 0 saturated heterocycles. The van der Waals surface area contributed by atoms with Crippen LogP contribution in [0.2, 0.25) is 0 Å². The highest BCUT2D eigenvalue weighted by Gasteiger charge is 1.77. The average Bonchev–Trinajstić information content (AvgIpc) is 3.58. The molecule has 8 nitrogen and oxygen atoms in total. The van der Waals surface area contributed by atoms with Gasteiger partial charge in [0.05, 0.1) is 13.0 Å². The van der Waals surface area contributed by atoms with Crippen molar-refractivity contribution in [2.75, 3.05) is 6.67 Å². The van der Waals surface area contributed by atoms with Crippen LogP contribution in [0.1, 0.15) is 0 Å². The van der Waals surface area contributed by atoms with Gasteiger partial charge in [0.1, 0.15) is 0 Å². The van der Waals surface area contributed by atoms with Gasteiger partial charge in [-0.3, -0.25) is 15.1 Å². The van der Waals surface area contributed by atoms with Gasteiger partial charge >= 0.3 is 0 Å². The van der Waals surface area contributed by atoms with E-state index in [0.29, 0.717) is 0 Å². The third-order valence-electron chi connectivity index (χ3n) is 2.47. The number of aromatic nitrogens is 6. The molecule has 0 unspecified atom stereocenters. The van der Waals surface area contributed by atoms with E-state index in [1.165, 1.54) is 0 Å². The fourth-order valence-electron chi connectivity index (χ4n) is 1.35. The van der Waals surface area contributed by atoms with E-state index in [4.69, 9.17) is 0 Å². The predicted octanol–water partition coefficient (Wildman–Crippen LogP) is 2.59. The van der Waals surface area contributed by atoms with Crippen LogP contribution >= 0.6 is 0 Å². The van der Waals surface area contributed by atoms with Gasteiger partial charge in [-0.05, 0) is 30.3 Å². The molecule has 27 heavy (non-hydrogen) atoms. The Hall–Kier alpha value is -3.94. The number of hydrogen-bond acceptors (Lipinski definition) is 6. The van der Waals surface area contributed by atoms with Crippen molar-refractivity contribution < 1.29 is 0 Å². The quantitative estimate of drug-likeness (QED) is 0.382. The summed E-state index contributed by atoms with van der Waals surface area (Å²) in [5, 5.41) is 12.1. The van der Waals surface area contributed by atoms with Crippen molar-refractivity contribution in [3.63, 3.8) is 0 Å². The largest absolute Gasteiger partial charge is 0.373 e. The van der Waals surface area contributed by atoms with Crippen molar-refractivity contribution in [1.29, 1.82) is 0 Å². The fourth-order valence-corrected chi connectivity index (χ4v) is 1.35. The summed E-state index contributed by atoms with van der Waals surface area (Å²) < 4.78 is 0. The molecule has 4 N–H and O–H groups in total. The maximum Gasteiger partial charge on any atom is 0.0919 e. The van der Waals surface area contributed by atoms with Gasteiger partial charge in [0, 0.05) is 62.0 Å². The number of rotatable bonds is 0. The van der Waals surface area contributed by atoms with Gasteiger partial charge in [0.2, 0.25) is 0 Å². The molecule has 1 aliphatic rings. The number of imidazole rings is 1. The molecule has 0 atom stereocenters. The minimum atomic E-state index is 0.889. The first-order valence-corrected chi connectivity index (χ1v) is 8.18. The lowest BCUT2D eigenvalue weighted by molar-refractivity contribution is 0.836. The van der Waals surface area contributed by atoms with Crippen LogP contribution in [0.5, 0.6) is 0 Å². The Bertz CT molecular complexity index is 561. The Morgan fingerprint density at radius 2 is 1.19 bits per heavy atom. The Labute approximate surface area is 158 Å². The summed E-state index contributed by atoms with van der Waals surface area (Å²) >= 11 is 0. The maximum absolute atomic E-state index is 3.78. The summed E-state index contributed by atoms with van der Waals surface area (Å²) in [6, 6.07) is 13.3. The average molecular weight is 364 g/mol. The van der Waals surface area contributed by atoms with Crippen LogP contribution in [0.15, 0.2) is 111 Å². The molecule has 0 aliphatic carbocycles. The normalized spacial score (nSPS) is 9.78. The van der Waals surface area contributed by atoms with Crippen LogP contribution in [0.25, 0.3) is 0 Å². The summed E-state index contributed by atoms with van der Waals surface area (Å²) in [7, 11) is 0. The first-order valence-electron chi connectivity index (χ1n) is 8.18. The predicted molar refractivity (Wildman–Crippen MR) is 106 cm³/mol. The topological polar surface area (TPSA) is 107 Å². The Kier molecular flexibility index (Phi) is 14.4. The molecule has 0 fully saturated rings. The lowest BCUT2D eigenvalue weighted by Gasteiger charge is -1.82. The Morgan fingerprint density at radius 3 is 1.33 bits per heavy atom. The number of aromatic amines is 2. The van der Waals surface area contributed by atoms with Crippen molar-refractivity contribution in [2.24, 2.45) is 0 Å². The number of hydrogen-bond donors (Lipinski definition) is 4. The Morgan fingerprint density at radius 1 is 0.556 bits per heavy atom. The number of H-pyrrole nitrogens is 2. The molecule has 4 aromatic rings. The minimum absolute atomic E-state index is 0.889. The van der Waals surface area contributed by atoms with Gasteiger partial charge in [-0.1, -0.05) is 12.1 Å². The number of pyridine rings is 2. The smallest absolute Gasteiger partial charge is 0.0919 e. The summed E-state index contributed by atoms with van der Waals surface area (Å²) in [5.74, 6) is 0. The standard InChI is InChI=1S/2C5H5N.C3H6N2.2C3H4N2/c2*1-2-4-6-5-3-1;2*1-2-5-3-4-1;1-2-4-5-3-1/h2*1-5H;1-2,4-5H,3H2;2*1-3H,(H,4,5). The molecule has 5 heterocycles. The first-order chi connectivity index (χ1) is 13.5. The molecule has 4 aromatic heterocycles. The van der Waals surface area contributed by atoms with Crippen LogP contribution in [-0.2, 0) is 0 Å². The van der Waals surface area contributed by atoms with Crippen LogP contribution in [0.3, 0.4) is 0 Å². The SMILES string of the molecule is C1=CNCN1.c1c[nH]cn1.c1ccncc1.c1ccncc1.c1cn[nH]c1. The minimum Gasteiger partial charge on any atom is -0.373 e. The highest BCUT2D eigenvalue weighted by Crippen LogP contribution is 1.74. The van der Waals surface area contributed by atoms with Crippen molar-refractivity contribution in [3.8, 4) is 0 Å². The van der Waals surface area contributed by atoms with E-state index in [0.717, 1.165) is 6.67 Å². The molecule has 5 rings (SSSR count). The highest BCUT2D eigenvalue weighted by molar-refractivity contribution is 4.88. The summed E-state index contributed by atoms with van der Waals surface area (Å²) in [6.07, 6.45) is 19.3. The molecule has 0 bridgehead atoms. The van der Waals surface area contributed by atoms with E-state index in [1.807, 2.05) is 54.9 Å². The van der Waals surface area contributed by atoms with Crippen molar-refractivity contribution >= 4 is 0 Å². The van der Waals surface area contributed by atoms with Crippen LogP contribution in [0.4, 0.5) is 0 Å². The molecule has 1 aliphatic heterocycles. The van der Waals surface area contributed by atoms with Gasteiger partial charge in [-0.2, -0.15) is 5.10 Å². The lowest BCUT2D eigenvalue weighted by Crippen LogP contribution is -2.10. The van der Waals surface area contributed by atoms with E-state index < -0.39 is 0 Å². The van der Waals surface area contributed by atoms with E-state index in [1.54, 1.807) is 55.9 Å². The fraction of sp³-hybridized carbons (Fsp3) is 0.0526. The zero-order chi connectivity index (χ0) is 19.1. The van der Waals surface area contributed by atoms with E-state index >= 15 is 0 Å². The highest BCUT2D eigenvalue weighted by atomic mass is 15.1. The molecule has 8 heteroatoms. The van der Waals surface area contributed by atoms with Gasteiger partial charge in [-0.25, -0.2) is 4.98 Å². The second-order valence-corrected chi connectivity index (χ2v) is 4.49. The van der Waals surface area contributed by atoms with Crippen molar-refractivity contribution in [1.82, 2.24) is 40.8 Å². The third-order valence-corrected chi connectivity index (χ3v) is 2.47. The molecular weight excluding hydrogens is 340 g/mol. The number of nitrogens with one attached hydrogen (secondary N) is 4. The van der Waals surface area contributed by atoms with E-state index in [9.17, 15) is 0 Å². The van der Waals surface area contributed by atoms with Crippen LogP contribution < -0.4 is 10.6 Å². The van der Waals surface area contributed by atoms with Crippen LogP contribution in [-0.4, -0.2) is 36.8 Å². The Balaban J connectivity index is 0.000000169. The van der Waals surface area contributed by atoms with Gasteiger partial charge in [-0.15, -0.1) is 0 Å². The first kappa shape index (κ1) is 21.1. The van der Waals surface area contributed by atoms with E-state index in [2.05, 4.69) is 40.8 Å². The van der Waals surface area contributed by atoms with Gasteiger partial charge in [0.15, 0.2) is 0 Å². The molecule has 140 valence electrons. The molecule has 0 saturated carbocycles. The second-order valence-electron chi connectivity index (χ2n) is 4.49. The monoisotopic (exact) mass is 364 g/mol. The number of nitrogens with zero attached hydrogens (tertiary/aromatic N) is 4. The molecular formula is C19H24N8. The van der Waals surface area contributed by atoms with Gasteiger partial charge in [0.25, 0.3) is 0 Å². The molecule has 0 amide bonds. The summed E-state index contributed by atoms with van der Waals surface area (Å²) in [4.78, 5) is 14.0. The third kappa shape index (κ3) is 16.7. The molecule has 0 aromatic carbocycles. The molecule has 0 spiro atoms. The second kappa shape index (κ2) is 18.4. The maximum atomic E-state index is 3.78. The summed E-state index contributed by atoms with van der Waals surface area (Å²) in [5.41, 5.74) is 0. The van der Waals surface area contributed by atoms with Gasteiger partial charge < -0.3 is 15.6 Å². The summed E-state index contributed by atoms with van der Waals surface area (Å²) in [6.45, 7) is 0.889.